The van der Waals surface area contributed by atoms with Crippen molar-refractivity contribution in [2.45, 2.75) is 6.42 Å². The lowest BCUT2D eigenvalue weighted by molar-refractivity contribution is 0.0688. The third-order valence-corrected chi connectivity index (χ3v) is 2.51. The van der Waals surface area contributed by atoms with E-state index >= 15 is 0 Å². The molecule has 0 radical (unpaired) electrons. The molecule has 5 nitrogen and oxygen atoms in total. The Balaban J connectivity index is 2.20. The van der Waals surface area contributed by atoms with Gasteiger partial charge in [-0.25, -0.2) is 0 Å². The van der Waals surface area contributed by atoms with Crippen LogP contribution in [0, 0.1) is 0 Å². The van der Waals surface area contributed by atoms with Gasteiger partial charge in [-0.1, -0.05) is 6.07 Å². The van der Waals surface area contributed by atoms with Gasteiger partial charge in [-0.3, -0.25) is 4.79 Å². The van der Waals surface area contributed by atoms with Crippen molar-refractivity contribution < 1.29 is 19.0 Å². The molecule has 0 saturated carbocycles. The second kappa shape index (κ2) is 9.35. The second-order valence-corrected chi connectivity index (χ2v) is 3.95. The van der Waals surface area contributed by atoms with E-state index in [0.717, 1.165) is 6.42 Å². The van der Waals surface area contributed by atoms with E-state index in [9.17, 15) is 4.79 Å². The first-order chi connectivity index (χ1) is 9.27. The van der Waals surface area contributed by atoms with Crippen molar-refractivity contribution in [2.75, 3.05) is 40.6 Å². The van der Waals surface area contributed by atoms with Gasteiger partial charge >= 0.3 is 0 Å². The number of carbonyl (C=O) groups excluding carboxylic acids is 1. The van der Waals surface area contributed by atoms with Crippen LogP contribution in [0.4, 0.5) is 0 Å². The average Bonchev–Trinajstić information content (AvgIpc) is 2.46. The maximum Gasteiger partial charge on any atom is 0.251 e. The summed E-state index contributed by atoms with van der Waals surface area (Å²) in [7, 11) is 3.21. The summed E-state index contributed by atoms with van der Waals surface area (Å²) in [5.74, 6) is 0.575. The molecule has 1 aromatic carbocycles. The summed E-state index contributed by atoms with van der Waals surface area (Å²) in [6.07, 6.45) is 0.777. The summed E-state index contributed by atoms with van der Waals surface area (Å²) < 4.78 is 15.2. The Morgan fingerprint density at radius 1 is 1.21 bits per heavy atom. The second-order valence-electron chi connectivity index (χ2n) is 3.95. The van der Waals surface area contributed by atoms with Gasteiger partial charge in [-0.2, -0.15) is 0 Å². The van der Waals surface area contributed by atoms with Gasteiger partial charge in [0.05, 0.1) is 20.3 Å². The minimum atomic E-state index is -0.101. The zero-order chi connectivity index (χ0) is 13.9. The molecule has 0 saturated heterocycles. The van der Waals surface area contributed by atoms with E-state index in [1.165, 1.54) is 0 Å². The Morgan fingerprint density at radius 3 is 2.79 bits per heavy atom. The van der Waals surface area contributed by atoms with E-state index in [2.05, 4.69) is 5.32 Å². The first kappa shape index (κ1) is 15.5. The first-order valence-corrected chi connectivity index (χ1v) is 6.27. The van der Waals surface area contributed by atoms with Crippen LogP contribution in [0.3, 0.4) is 0 Å². The molecule has 106 valence electrons. The van der Waals surface area contributed by atoms with Gasteiger partial charge in [-0.15, -0.1) is 0 Å². The molecule has 0 atom stereocenters. The standard InChI is InChI=1S/C14H21NO4/c1-17-9-10-19-8-4-7-15-14(16)12-5-3-6-13(11-12)18-2/h3,5-6,11H,4,7-10H2,1-2H3,(H,15,16). The van der Waals surface area contributed by atoms with Crippen LogP contribution in [0.15, 0.2) is 24.3 Å². The molecule has 0 aromatic heterocycles. The van der Waals surface area contributed by atoms with Gasteiger partial charge in [0.15, 0.2) is 0 Å². The molecule has 1 N–H and O–H groups in total. The molecular weight excluding hydrogens is 246 g/mol. The zero-order valence-electron chi connectivity index (χ0n) is 11.5. The SMILES string of the molecule is COCCOCCCNC(=O)c1cccc(OC)c1. The molecule has 0 fully saturated rings. The van der Waals surface area contributed by atoms with Gasteiger partial charge in [0.2, 0.25) is 0 Å². The minimum Gasteiger partial charge on any atom is -0.497 e. The maximum atomic E-state index is 11.8. The highest BCUT2D eigenvalue weighted by molar-refractivity contribution is 5.94. The monoisotopic (exact) mass is 267 g/mol. The fraction of sp³-hybridized carbons (Fsp3) is 0.500. The number of ether oxygens (including phenoxy) is 3. The van der Waals surface area contributed by atoms with Crippen LogP contribution in [-0.4, -0.2) is 46.5 Å². The highest BCUT2D eigenvalue weighted by Gasteiger charge is 2.05. The number of benzene rings is 1. The molecule has 1 rings (SSSR count). The van der Waals surface area contributed by atoms with Crippen molar-refractivity contribution in [3.8, 4) is 5.75 Å². The van der Waals surface area contributed by atoms with Crippen LogP contribution in [0.25, 0.3) is 0 Å². The summed E-state index contributed by atoms with van der Waals surface area (Å²) in [6, 6.07) is 7.07. The Labute approximate surface area is 113 Å². The molecule has 5 heteroatoms. The molecule has 0 aliphatic rings. The smallest absolute Gasteiger partial charge is 0.251 e. The molecule has 0 bridgehead atoms. The number of nitrogens with one attached hydrogen (secondary N) is 1. The Bertz CT molecular complexity index is 381. The lowest BCUT2D eigenvalue weighted by Gasteiger charge is -2.07. The molecule has 19 heavy (non-hydrogen) atoms. The molecule has 1 aromatic rings. The van der Waals surface area contributed by atoms with Crippen LogP contribution in [0.5, 0.6) is 5.75 Å². The zero-order valence-corrected chi connectivity index (χ0v) is 11.5. The third kappa shape index (κ3) is 6.22. The van der Waals surface area contributed by atoms with Crippen LogP contribution in [-0.2, 0) is 9.47 Å². The molecule has 0 aliphatic heterocycles. The van der Waals surface area contributed by atoms with E-state index in [0.29, 0.717) is 37.7 Å². The van der Waals surface area contributed by atoms with E-state index in [1.54, 1.807) is 38.5 Å². The van der Waals surface area contributed by atoms with Gasteiger partial charge in [0.25, 0.3) is 5.91 Å². The van der Waals surface area contributed by atoms with Crippen molar-refractivity contribution in [1.29, 1.82) is 0 Å². The predicted octanol–water partition coefficient (Wildman–Crippen LogP) is 1.48. The normalized spacial score (nSPS) is 10.2. The van der Waals surface area contributed by atoms with Crippen LogP contribution >= 0.6 is 0 Å². The Morgan fingerprint density at radius 2 is 2.05 bits per heavy atom. The van der Waals surface area contributed by atoms with Crippen molar-refractivity contribution in [3.05, 3.63) is 29.8 Å². The molecule has 0 aliphatic carbocycles. The van der Waals surface area contributed by atoms with Crippen LogP contribution in [0.1, 0.15) is 16.8 Å². The fourth-order valence-corrected chi connectivity index (χ4v) is 1.49. The largest absolute Gasteiger partial charge is 0.497 e. The number of hydrogen-bond donors (Lipinski definition) is 1. The highest BCUT2D eigenvalue weighted by Crippen LogP contribution is 2.12. The van der Waals surface area contributed by atoms with Crippen molar-refractivity contribution in [1.82, 2.24) is 5.32 Å². The molecule has 0 spiro atoms. The Hall–Kier alpha value is -1.59. The summed E-state index contributed by atoms with van der Waals surface area (Å²) >= 11 is 0. The third-order valence-electron chi connectivity index (χ3n) is 2.51. The van der Waals surface area contributed by atoms with Gasteiger partial charge < -0.3 is 19.5 Å². The van der Waals surface area contributed by atoms with E-state index in [4.69, 9.17) is 14.2 Å². The molecule has 1 amide bonds. The van der Waals surface area contributed by atoms with Gasteiger partial charge in [-0.05, 0) is 24.6 Å². The van der Waals surface area contributed by atoms with E-state index in [-0.39, 0.29) is 5.91 Å². The number of rotatable bonds is 9. The average molecular weight is 267 g/mol. The Kier molecular flexibility index (Phi) is 7.62. The molecular formula is C14H21NO4. The maximum absolute atomic E-state index is 11.8. The number of carbonyl (C=O) groups is 1. The van der Waals surface area contributed by atoms with Crippen molar-refractivity contribution in [3.63, 3.8) is 0 Å². The summed E-state index contributed by atoms with van der Waals surface area (Å²) in [4.78, 5) is 11.8. The molecule has 0 unspecified atom stereocenters. The molecule has 0 heterocycles. The summed E-state index contributed by atoms with van der Waals surface area (Å²) in [6.45, 7) is 2.38. The number of hydrogen-bond acceptors (Lipinski definition) is 4. The van der Waals surface area contributed by atoms with Crippen molar-refractivity contribution >= 4 is 5.91 Å². The van der Waals surface area contributed by atoms with E-state index in [1.807, 2.05) is 0 Å². The summed E-state index contributed by atoms with van der Waals surface area (Å²) in [5, 5.41) is 2.84. The minimum absolute atomic E-state index is 0.101. The fourth-order valence-electron chi connectivity index (χ4n) is 1.49. The predicted molar refractivity (Wildman–Crippen MR) is 72.6 cm³/mol. The van der Waals surface area contributed by atoms with Crippen molar-refractivity contribution in [2.24, 2.45) is 0 Å². The quantitative estimate of drug-likeness (QED) is 0.689. The van der Waals surface area contributed by atoms with Gasteiger partial charge in [0, 0.05) is 25.8 Å². The summed E-state index contributed by atoms with van der Waals surface area (Å²) in [5.41, 5.74) is 0.597. The number of methoxy groups -OCH3 is 2. The lowest BCUT2D eigenvalue weighted by Crippen LogP contribution is -2.25. The highest BCUT2D eigenvalue weighted by atomic mass is 16.5. The lowest BCUT2D eigenvalue weighted by atomic mass is 10.2. The van der Waals surface area contributed by atoms with Crippen LogP contribution in [0.2, 0.25) is 0 Å². The van der Waals surface area contributed by atoms with Gasteiger partial charge in [0.1, 0.15) is 5.75 Å². The topological polar surface area (TPSA) is 56.8 Å². The van der Waals surface area contributed by atoms with Crippen LogP contribution < -0.4 is 10.1 Å². The van der Waals surface area contributed by atoms with E-state index < -0.39 is 0 Å². The first-order valence-electron chi connectivity index (χ1n) is 6.27. The number of amides is 1.